The molecule has 0 N–H and O–H groups in total. The van der Waals surface area contributed by atoms with Crippen LogP contribution in [0.3, 0.4) is 0 Å². The van der Waals surface area contributed by atoms with E-state index < -0.39 is 0 Å². The Bertz CT molecular complexity index is 83.7. The standard InChI is InChI=1S/C7H14Cl2Si/c1-2-5-10-6-3-4-7(8)9/h2,7H,1,3-6,10H2. The van der Waals surface area contributed by atoms with Crippen LogP contribution in [-0.4, -0.2) is 14.4 Å². The van der Waals surface area contributed by atoms with Crippen molar-refractivity contribution in [2.45, 2.75) is 29.8 Å². The van der Waals surface area contributed by atoms with E-state index in [4.69, 9.17) is 23.2 Å². The number of rotatable bonds is 6. The SMILES string of the molecule is C=CC[SiH2]CCCC(Cl)Cl. The molecule has 0 aliphatic carbocycles. The Labute approximate surface area is 75.4 Å². The van der Waals surface area contributed by atoms with Gasteiger partial charge in [0.2, 0.25) is 0 Å². The van der Waals surface area contributed by atoms with Crippen molar-refractivity contribution in [1.82, 2.24) is 0 Å². The van der Waals surface area contributed by atoms with Gasteiger partial charge in [0.1, 0.15) is 4.84 Å². The Balaban J connectivity index is 2.83. The number of allylic oxidation sites excluding steroid dienone is 1. The number of halogens is 2. The molecular weight excluding hydrogens is 183 g/mol. The third kappa shape index (κ3) is 8.54. The van der Waals surface area contributed by atoms with Gasteiger partial charge < -0.3 is 0 Å². The Morgan fingerprint density at radius 2 is 2.20 bits per heavy atom. The molecule has 0 saturated carbocycles. The molecule has 0 aromatic carbocycles. The smallest absolute Gasteiger partial charge is 0.105 e. The second-order valence-electron chi connectivity index (χ2n) is 2.32. The van der Waals surface area contributed by atoms with Crippen molar-refractivity contribution in [1.29, 1.82) is 0 Å². The highest BCUT2D eigenvalue weighted by atomic mass is 35.5. The van der Waals surface area contributed by atoms with Crippen LogP contribution in [0.25, 0.3) is 0 Å². The summed E-state index contributed by atoms with van der Waals surface area (Å²) in [6.07, 6.45) is 4.15. The van der Waals surface area contributed by atoms with Crippen molar-refractivity contribution in [3.63, 3.8) is 0 Å². The maximum atomic E-state index is 5.55. The van der Waals surface area contributed by atoms with Gasteiger partial charge in [0.15, 0.2) is 0 Å². The average molecular weight is 197 g/mol. The minimum atomic E-state index is -0.155. The maximum absolute atomic E-state index is 5.55. The highest BCUT2D eigenvalue weighted by Crippen LogP contribution is 2.11. The zero-order chi connectivity index (χ0) is 7.82. The Morgan fingerprint density at radius 1 is 1.50 bits per heavy atom. The predicted octanol–water partition coefficient (Wildman–Crippen LogP) is 2.76. The third-order valence-electron chi connectivity index (χ3n) is 1.33. The molecule has 0 aliphatic rings. The van der Waals surface area contributed by atoms with Crippen LogP contribution in [0.2, 0.25) is 12.1 Å². The molecule has 0 amide bonds. The van der Waals surface area contributed by atoms with E-state index in [0.29, 0.717) is 0 Å². The molecular formula is C7H14Cl2Si. The summed E-state index contributed by atoms with van der Waals surface area (Å²) in [5.41, 5.74) is 0. The lowest BCUT2D eigenvalue weighted by Crippen LogP contribution is -1.90. The fraction of sp³-hybridized carbons (Fsp3) is 0.714. The molecule has 0 aliphatic heterocycles. The van der Waals surface area contributed by atoms with Crippen LogP contribution in [0.5, 0.6) is 0 Å². The first-order valence-electron chi connectivity index (χ1n) is 3.66. The molecule has 0 aromatic heterocycles. The second kappa shape index (κ2) is 7.64. The quantitative estimate of drug-likeness (QED) is 0.266. The minimum absolute atomic E-state index is 0.133. The van der Waals surface area contributed by atoms with Crippen molar-refractivity contribution >= 4 is 32.7 Å². The van der Waals surface area contributed by atoms with E-state index >= 15 is 0 Å². The van der Waals surface area contributed by atoms with Crippen LogP contribution in [0.15, 0.2) is 12.7 Å². The van der Waals surface area contributed by atoms with E-state index in [9.17, 15) is 0 Å². The van der Waals surface area contributed by atoms with E-state index in [0.717, 1.165) is 6.42 Å². The molecule has 0 fully saturated rings. The highest BCUT2D eigenvalue weighted by Gasteiger charge is 1.96. The molecule has 0 rings (SSSR count). The highest BCUT2D eigenvalue weighted by molar-refractivity contribution is 6.44. The van der Waals surface area contributed by atoms with Crippen molar-refractivity contribution in [3.8, 4) is 0 Å². The summed E-state index contributed by atoms with van der Waals surface area (Å²) in [6.45, 7) is 3.68. The van der Waals surface area contributed by atoms with E-state index in [-0.39, 0.29) is 14.4 Å². The van der Waals surface area contributed by atoms with Crippen LogP contribution in [0.4, 0.5) is 0 Å². The van der Waals surface area contributed by atoms with Crippen LogP contribution in [0.1, 0.15) is 12.8 Å². The van der Waals surface area contributed by atoms with Gasteiger partial charge in [-0.05, 0) is 12.5 Å². The van der Waals surface area contributed by atoms with Gasteiger partial charge in [0, 0.05) is 9.52 Å². The summed E-state index contributed by atoms with van der Waals surface area (Å²) in [5, 5.41) is 0. The van der Waals surface area contributed by atoms with Crippen LogP contribution < -0.4 is 0 Å². The maximum Gasteiger partial charge on any atom is 0.107 e. The molecule has 0 radical (unpaired) electrons. The molecule has 0 aromatic rings. The predicted molar refractivity (Wildman–Crippen MR) is 53.1 cm³/mol. The number of hydrogen-bond donors (Lipinski definition) is 0. The third-order valence-corrected chi connectivity index (χ3v) is 3.58. The molecule has 0 heterocycles. The molecule has 0 nitrogen and oxygen atoms in total. The Kier molecular flexibility index (Phi) is 8.05. The van der Waals surface area contributed by atoms with Crippen LogP contribution in [-0.2, 0) is 0 Å². The van der Waals surface area contributed by atoms with E-state index in [1.807, 2.05) is 6.08 Å². The number of alkyl halides is 2. The number of hydrogen-bond acceptors (Lipinski definition) is 0. The summed E-state index contributed by atoms with van der Waals surface area (Å²) in [6, 6.07) is 2.59. The van der Waals surface area contributed by atoms with Gasteiger partial charge in [-0.2, -0.15) is 0 Å². The summed E-state index contributed by atoms with van der Waals surface area (Å²) >= 11 is 11.1. The zero-order valence-corrected chi connectivity index (χ0v) is 9.08. The van der Waals surface area contributed by atoms with Crippen molar-refractivity contribution < 1.29 is 0 Å². The minimum Gasteiger partial charge on any atom is -0.105 e. The fourth-order valence-corrected chi connectivity index (χ4v) is 2.29. The van der Waals surface area contributed by atoms with E-state index in [1.54, 1.807) is 0 Å². The Morgan fingerprint density at radius 3 is 2.70 bits per heavy atom. The van der Waals surface area contributed by atoms with Gasteiger partial charge >= 0.3 is 0 Å². The molecule has 10 heavy (non-hydrogen) atoms. The normalized spacial score (nSPS) is 11.5. The van der Waals surface area contributed by atoms with Crippen LogP contribution >= 0.6 is 23.2 Å². The average Bonchev–Trinajstić information content (AvgIpc) is 1.87. The van der Waals surface area contributed by atoms with Gasteiger partial charge in [-0.1, -0.05) is 18.5 Å². The molecule has 0 unspecified atom stereocenters. The lowest BCUT2D eigenvalue weighted by Gasteiger charge is -1.98. The first-order chi connectivity index (χ1) is 4.77. The monoisotopic (exact) mass is 196 g/mol. The fourth-order valence-electron chi connectivity index (χ4n) is 0.764. The second-order valence-corrected chi connectivity index (χ2v) is 5.59. The molecule has 0 bridgehead atoms. The van der Waals surface area contributed by atoms with E-state index in [1.165, 1.54) is 18.5 Å². The lowest BCUT2D eigenvalue weighted by atomic mass is 10.4. The largest absolute Gasteiger partial charge is 0.107 e. The first kappa shape index (κ1) is 10.5. The topological polar surface area (TPSA) is 0 Å². The molecule has 60 valence electrons. The van der Waals surface area contributed by atoms with Gasteiger partial charge in [-0.3, -0.25) is 0 Å². The molecule has 0 spiro atoms. The summed E-state index contributed by atoms with van der Waals surface area (Å²) in [7, 11) is 0.133. The van der Waals surface area contributed by atoms with Gasteiger partial charge in [0.05, 0.1) is 0 Å². The summed E-state index contributed by atoms with van der Waals surface area (Å²) in [4.78, 5) is -0.155. The summed E-state index contributed by atoms with van der Waals surface area (Å²) in [5.74, 6) is 0. The summed E-state index contributed by atoms with van der Waals surface area (Å²) < 4.78 is 0. The zero-order valence-electron chi connectivity index (χ0n) is 6.15. The lowest BCUT2D eigenvalue weighted by molar-refractivity contribution is 0.853. The van der Waals surface area contributed by atoms with Gasteiger partial charge in [-0.25, -0.2) is 0 Å². The Hall–Kier alpha value is 0.537. The molecule has 0 atom stereocenters. The van der Waals surface area contributed by atoms with Gasteiger partial charge in [0.25, 0.3) is 0 Å². The van der Waals surface area contributed by atoms with Gasteiger partial charge in [-0.15, -0.1) is 29.8 Å². The van der Waals surface area contributed by atoms with Crippen molar-refractivity contribution in [3.05, 3.63) is 12.7 Å². The van der Waals surface area contributed by atoms with Crippen LogP contribution in [0, 0.1) is 0 Å². The molecule has 0 saturated heterocycles. The molecule has 3 heteroatoms. The van der Waals surface area contributed by atoms with Crippen molar-refractivity contribution in [2.24, 2.45) is 0 Å². The van der Waals surface area contributed by atoms with Crippen molar-refractivity contribution in [2.75, 3.05) is 0 Å². The van der Waals surface area contributed by atoms with E-state index in [2.05, 4.69) is 6.58 Å². The first-order valence-corrected chi connectivity index (χ1v) is 6.53.